The Morgan fingerprint density at radius 3 is 2.33 bits per heavy atom. The van der Waals surface area contributed by atoms with E-state index >= 15 is 0 Å². The Morgan fingerprint density at radius 2 is 1.70 bits per heavy atom. The molecule has 5 heteroatoms. The van der Waals surface area contributed by atoms with Gasteiger partial charge in [0.15, 0.2) is 5.78 Å². The van der Waals surface area contributed by atoms with Crippen LogP contribution in [-0.4, -0.2) is 23.6 Å². The molecule has 2 aliphatic rings. The number of para-hydroxylation sites is 1. The van der Waals surface area contributed by atoms with Crippen molar-refractivity contribution >= 4 is 29.0 Å². The van der Waals surface area contributed by atoms with Gasteiger partial charge in [-0.05, 0) is 69.0 Å². The topological polar surface area (TPSA) is 66.5 Å². The zero-order valence-electron chi connectivity index (χ0n) is 15.5. The van der Waals surface area contributed by atoms with Crippen molar-refractivity contribution in [3.63, 3.8) is 0 Å². The number of carbonyl (C=O) groups excluding carboxylic acids is 3. The Kier molecular flexibility index (Phi) is 4.10. The molecular formula is C22H22N2O3. The highest BCUT2D eigenvalue weighted by Crippen LogP contribution is 2.50. The Balaban J connectivity index is 1.54. The molecule has 1 N–H and O–H groups in total. The number of rotatable bonds is 4. The first-order valence-electron chi connectivity index (χ1n) is 9.26. The summed E-state index contributed by atoms with van der Waals surface area (Å²) in [6.07, 6.45) is 1.94. The van der Waals surface area contributed by atoms with Crippen LogP contribution in [0.25, 0.3) is 0 Å². The molecule has 2 amide bonds. The lowest BCUT2D eigenvalue weighted by atomic mass is 10.0. The van der Waals surface area contributed by atoms with Gasteiger partial charge in [-0.15, -0.1) is 0 Å². The maximum atomic E-state index is 13.3. The van der Waals surface area contributed by atoms with E-state index in [2.05, 4.69) is 5.32 Å². The maximum Gasteiger partial charge on any atom is 0.242 e. The number of nitrogens with zero attached hydrogens (tertiary/aromatic N) is 1. The van der Waals surface area contributed by atoms with E-state index in [0.29, 0.717) is 24.1 Å². The lowest BCUT2D eigenvalue weighted by Crippen LogP contribution is -2.45. The lowest BCUT2D eigenvalue weighted by Gasteiger charge is -2.27. The fourth-order valence-electron chi connectivity index (χ4n) is 3.81. The van der Waals surface area contributed by atoms with Gasteiger partial charge in [-0.2, -0.15) is 0 Å². The van der Waals surface area contributed by atoms with Crippen molar-refractivity contribution in [2.24, 2.45) is 5.41 Å². The van der Waals surface area contributed by atoms with Gasteiger partial charge in [0, 0.05) is 23.0 Å². The summed E-state index contributed by atoms with van der Waals surface area (Å²) in [4.78, 5) is 39.4. The van der Waals surface area contributed by atoms with E-state index in [1.54, 1.807) is 29.2 Å². The Morgan fingerprint density at radius 1 is 1.04 bits per heavy atom. The van der Waals surface area contributed by atoms with Crippen molar-refractivity contribution in [2.75, 3.05) is 10.2 Å². The summed E-state index contributed by atoms with van der Waals surface area (Å²) in [5.41, 5.74) is 2.27. The van der Waals surface area contributed by atoms with E-state index in [4.69, 9.17) is 0 Å². The molecule has 138 valence electrons. The molecule has 2 aromatic rings. The molecule has 1 aliphatic heterocycles. The van der Waals surface area contributed by atoms with Gasteiger partial charge in [-0.3, -0.25) is 14.4 Å². The van der Waals surface area contributed by atoms with Crippen LogP contribution in [0.3, 0.4) is 0 Å². The minimum Gasteiger partial charge on any atom is -0.325 e. The third-order valence-corrected chi connectivity index (χ3v) is 5.57. The molecule has 0 bridgehead atoms. The highest BCUT2D eigenvalue weighted by atomic mass is 16.2. The van der Waals surface area contributed by atoms with Crippen LogP contribution in [0.15, 0.2) is 48.5 Å². The molecule has 0 aromatic heterocycles. The molecule has 1 atom stereocenters. The average molecular weight is 362 g/mol. The van der Waals surface area contributed by atoms with Gasteiger partial charge in [0.05, 0.1) is 0 Å². The van der Waals surface area contributed by atoms with Gasteiger partial charge >= 0.3 is 0 Å². The molecule has 1 fully saturated rings. The molecular weight excluding hydrogens is 340 g/mol. The van der Waals surface area contributed by atoms with E-state index in [1.165, 1.54) is 6.92 Å². The van der Waals surface area contributed by atoms with Crippen molar-refractivity contribution in [3.05, 3.63) is 59.7 Å². The Hall–Kier alpha value is -2.95. The molecule has 27 heavy (non-hydrogen) atoms. The van der Waals surface area contributed by atoms with E-state index in [9.17, 15) is 14.4 Å². The number of amides is 2. The third-order valence-electron chi connectivity index (χ3n) is 5.57. The minimum atomic E-state index is -0.981. The van der Waals surface area contributed by atoms with Gasteiger partial charge in [0.25, 0.3) is 0 Å². The molecule has 5 nitrogen and oxygen atoms in total. The van der Waals surface area contributed by atoms with E-state index in [0.717, 1.165) is 17.7 Å². The number of fused-ring (bicyclic) bond motifs is 1. The highest BCUT2D eigenvalue weighted by Gasteiger charge is 2.59. The van der Waals surface area contributed by atoms with E-state index < -0.39 is 5.41 Å². The number of carbonyl (C=O) groups is 3. The largest absolute Gasteiger partial charge is 0.325 e. The predicted octanol–water partition coefficient (Wildman–Crippen LogP) is 3.59. The second-order valence-corrected chi connectivity index (χ2v) is 7.53. The van der Waals surface area contributed by atoms with Gasteiger partial charge in [0.1, 0.15) is 5.41 Å². The molecule has 0 spiro atoms. The van der Waals surface area contributed by atoms with Gasteiger partial charge < -0.3 is 10.2 Å². The van der Waals surface area contributed by atoms with E-state index in [1.807, 2.05) is 31.2 Å². The lowest BCUT2D eigenvalue weighted by molar-refractivity contribution is -0.132. The Labute approximate surface area is 158 Å². The summed E-state index contributed by atoms with van der Waals surface area (Å²) < 4.78 is 0. The van der Waals surface area contributed by atoms with E-state index in [-0.39, 0.29) is 23.6 Å². The standard InChI is InChI=1S/C22H22N2O3/c1-14-13-17-5-3-4-6-19(17)24(14)21(27)22(11-12-22)20(26)23-18-9-7-16(8-10-18)15(2)25/h3-10,14H,11-13H2,1-2H3,(H,23,26). The smallest absolute Gasteiger partial charge is 0.242 e. The molecule has 0 saturated heterocycles. The first kappa shape index (κ1) is 17.5. The predicted molar refractivity (Wildman–Crippen MR) is 104 cm³/mol. The number of hydrogen-bond acceptors (Lipinski definition) is 3. The molecule has 1 aliphatic carbocycles. The monoisotopic (exact) mass is 362 g/mol. The summed E-state index contributed by atoms with van der Waals surface area (Å²) in [6.45, 7) is 3.52. The Bertz CT molecular complexity index is 929. The van der Waals surface area contributed by atoms with Crippen LogP contribution in [0.2, 0.25) is 0 Å². The molecule has 0 radical (unpaired) electrons. The fraction of sp³-hybridized carbons (Fsp3) is 0.318. The van der Waals surface area contributed by atoms with Gasteiger partial charge in [0.2, 0.25) is 11.8 Å². The van der Waals surface area contributed by atoms with Crippen molar-refractivity contribution in [1.82, 2.24) is 0 Å². The number of ketones is 1. The van der Waals surface area contributed by atoms with Crippen LogP contribution in [0.1, 0.15) is 42.6 Å². The second-order valence-electron chi connectivity index (χ2n) is 7.53. The highest BCUT2D eigenvalue weighted by molar-refractivity contribution is 6.18. The number of nitrogens with one attached hydrogen (secondary N) is 1. The fourth-order valence-corrected chi connectivity index (χ4v) is 3.81. The quantitative estimate of drug-likeness (QED) is 0.668. The normalized spacial score (nSPS) is 19.3. The van der Waals surface area contributed by atoms with Crippen molar-refractivity contribution in [3.8, 4) is 0 Å². The van der Waals surface area contributed by atoms with Crippen molar-refractivity contribution in [1.29, 1.82) is 0 Å². The number of hydrogen-bond donors (Lipinski definition) is 1. The first-order chi connectivity index (χ1) is 12.9. The zero-order chi connectivity index (χ0) is 19.2. The number of anilines is 2. The number of benzene rings is 2. The van der Waals surface area contributed by atoms with Crippen LogP contribution in [-0.2, 0) is 16.0 Å². The molecule has 1 saturated carbocycles. The first-order valence-corrected chi connectivity index (χ1v) is 9.26. The van der Waals surface area contributed by atoms with Crippen molar-refractivity contribution < 1.29 is 14.4 Å². The summed E-state index contributed by atoms with van der Waals surface area (Å²) in [5.74, 6) is -0.402. The summed E-state index contributed by atoms with van der Waals surface area (Å²) in [6, 6.07) is 14.7. The van der Waals surface area contributed by atoms with Crippen LogP contribution in [0.5, 0.6) is 0 Å². The summed E-state index contributed by atoms with van der Waals surface area (Å²) in [5, 5.41) is 2.86. The van der Waals surface area contributed by atoms with Crippen LogP contribution < -0.4 is 10.2 Å². The van der Waals surface area contributed by atoms with Gasteiger partial charge in [-0.25, -0.2) is 0 Å². The molecule has 1 unspecified atom stereocenters. The molecule has 2 aromatic carbocycles. The van der Waals surface area contributed by atoms with Gasteiger partial charge in [-0.1, -0.05) is 18.2 Å². The average Bonchev–Trinajstić information content (AvgIpc) is 3.39. The van der Waals surface area contributed by atoms with Crippen LogP contribution in [0.4, 0.5) is 11.4 Å². The SMILES string of the molecule is CC(=O)c1ccc(NC(=O)C2(C(=O)N3c4ccccc4CC3C)CC2)cc1. The van der Waals surface area contributed by atoms with Crippen LogP contribution >= 0.6 is 0 Å². The zero-order valence-corrected chi connectivity index (χ0v) is 15.5. The minimum absolute atomic E-state index is 0.0246. The summed E-state index contributed by atoms with van der Waals surface area (Å²) in [7, 11) is 0. The summed E-state index contributed by atoms with van der Waals surface area (Å²) >= 11 is 0. The maximum absolute atomic E-state index is 13.3. The second kappa shape index (κ2) is 6.34. The molecule has 4 rings (SSSR count). The number of Topliss-reactive ketones (excluding diaryl/α,β-unsaturated/α-hetero) is 1. The van der Waals surface area contributed by atoms with Crippen LogP contribution in [0, 0.1) is 5.41 Å². The third kappa shape index (κ3) is 2.93. The van der Waals surface area contributed by atoms with Crippen molar-refractivity contribution in [2.45, 2.75) is 39.2 Å². The molecule has 1 heterocycles.